The van der Waals surface area contributed by atoms with Crippen LogP contribution in [0.15, 0.2) is 78.9 Å². The molecule has 1 atom stereocenters. The number of carbonyl (C=O) groups is 2. The number of hydrogen-bond donors (Lipinski definition) is 1. The Bertz CT molecular complexity index is 1360. The minimum Gasteiger partial charge on any atom is -0.354 e. The average molecular weight is 584 g/mol. The number of amides is 2. The molecule has 0 fully saturated rings. The first kappa shape index (κ1) is 31.2. The topological polar surface area (TPSA) is 86.8 Å². The van der Waals surface area contributed by atoms with E-state index >= 15 is 0 Å². The van der Waals surface area contributed by atoms with Crippen LogP contribution in [-0.4, -0.2) is 50.5 Å². The van der Waals surface area contributed by atoms with E-state index in [0.29, 0.717) is 23.7 Å². The predicted molar refractivity (Wildman–Crippen MR) is 162 cm³/mol. The highest BCUT2D eigenvalue weighted by molar-refractivity contribution is 7.92. The minimum atomic E-state index is -3.56. The summed E-state index contributed by atoms with van der Waals surface area (Å²) in [7, 11) is -3.56. The molecule has 3 aromatic carbocycles. The number of nitrogens with zero attached hydrogens (tertiary/aromatic N) is 2. The van der Waals surface area contributed by atoms with Crippen LogP contribution in [0.5, 0.6) is 0 Å². The fourth-order valence-corrected chi connectivity index (χ4v) is 5.61. The molecule has 2 amide bonds. The van der Waals surface area contributed by atoms with Gasteiger partial charge >= 0.3 is 0 Å². The van der Waals surface area contributed by atoms with Gasteiger partial charge in [0.05, 0.1) is 11.9 Å². The van der Waals surface area contributed by atoms with Crippen molar-refractivity contribution in [2.45, 2.75) is 52.1 Å². The number of nitrogens with one attached hydrogen (secondary N) is 1. The van der Waals surface area contributed by atoms with Crippen molar-refractivity contribution >= 4 is 39.1 Å². The van der Waals surface area contributed by atoms with Crippen molar-refractivity contribution in [3.8, 4) is 0 Å². The van der Waals surface area contributed by atoms with Gasteiger partial charge in [0.15, 0.2) is 0 Å². The molecule has 40 heavy (non-hydrogen) atoms. The van der Waals surface area contributed by atoms with E-state index in [2.05, 4.69) is 5.32 Å². The molecule has 0 aliphatic carbocycles. The lowest BCUT2D eigenvalue weighted by Crippen LogP contribution is -2.50. The standard InChI is InChI=1S/C31H38ClN3O4S/c1-4-20-33-31(37)29(22-25-11-6-5-7-12-25)34(23-26-13-8-9-14-28(26)32)30(36)15-10-21-35(40(3,38)39)27-18-16-24(2)17-19-27/h5-9,11-14,16-19,29H,4,10,15,20-23H2,1-3H3,(H,33,37)/t29-/m1/s1. The summed E-state index contributed by atoms with van der Waals surface area (Å²) < 4.78 is 26.5. The van der Waals surface area contributed by atoms with Crippen LogP contribution in [0.3, 0.4) is 0 Å². The second-order valence-corrected chi connectivity index (χ2v) is 12.2. The van der Waals surface area contributed by atoms with E-state index in [1.165, 1.54) is 4.31 Å². The highest BCUT2D eigenvalue weighted by Crippen LogP contribution is 2.23. The summed E-state index contributed by atoms with van der Waals surface area (Å²) in [4.78, 5) is 28.8. The minimum absolute atomic E-state index is 0.0642. The fraction of sp³-hybridized carbons (Fsp3) is 0.355. The summed E-state index contributed by atoms with van der Waals surface area (Å²) in [6.45, 7) is 4.70. The summed E-state index contributed by atoms with van der Waals surface area (Å²) in [5, 5.41) is 3.46. The Morgan fingerprint density at radius 3 is 2.23 bits per heavy atom. The summed E-state index contributed by atoms with van der Waals surface area (Å²) >= 11 is 6.46. The van der Waals surface area contributed by atoms with Crippen molar-refractivity contribution in [1.29, 1.82) is 0 Å². The molecular weight excluding hydrogens is 546 g/mol. The van der Waals surface area contributed by atoms with Gasteiger partial charge in [0.2, 0.25) is 21.8 Å². The van der Waals surface area contributed by atoms with E-state index in [1.807, 2.05) is 74.5 Å². The molecule has 9 heteroatoms. The Hall–Kier alpha value is -3.36. The zero-order chi connectivity index (χ0) is 29.1. The van der Waals surface area contributed by atoms with Gasteiger partial charge in [-0.3, -0.25) is 13.9 Å². The van der Waals surface area contributed by atoms with Crippen LogP contribution < -0.4 is 9.62 Å². The molecule has 1 N–H and O–H groups in total. The van der Waals surface area contributed by atoms with Crippen LogP contribution in [0.1, 0.15) is 42.9 Å². The van der Waals surface area contributed by atoms with Gasteiger partial charge in [0, 0.05) is 37.5 Å². The Morgan fingerprint density at radius 1 is 0.950 bits per heavy atom. The number of sulfonamides is 1. The normalized spacial score (nSPS) is 12.0. The molecule has 0 saturated heterocycles. The summed E-state index contributed by atoms with van der Waals surface area (Å²) in [6, 6.07) is 23.3. The van der Waals surface area contributed by atoms with Gasteiger partial charge in [-0.05, 0) is 49.1 Å². The second kappa shape index (κ2) is 14.9. The van der Waals surface area contributed by atoms with E-state index in [-0.39, 0.29) is 37.7 Å². The van der Waals surface area contributed by atoms with Crippen molar-refractivity contribution in [3.63, 3.8) is 0 Å². The molecule has 0 saturated carbocycles. The molecule has 0 radical (unpaired) electrons. The van der Waals surface area contributed by atoms with E-state index in [9.17, 15) is 18.0 Å². The third kappa shape index (κ3) is 9.10. The molecule has 214 valence electrons. The average Bonchev–Trinajstić information content (AvgIpc) is 2.93. The number of rotatable bonds is 14. The maximum atomic E-state index is 13.8. The molecule has 0 spiro atoms. The van der Waals surface area contributed by atoms with E-state index in [0.717, 1.165) is 29.4 Å². The van der Waals surface area contributed by atoms with Crippen molar-refractivity contribution in [2.75, 3.05) is 23.7 Å². The molecule has 0 aliphatic heterocycles. The Morgan fingerprint density at radius 2 is 1.60 bits per heavy atom. The van der Waals surface area contributed by atoms with Crippen molar-refractivity contribution < 1.29 is 18.0 Å². The maximum Gasteiger partial charge on any atom is 0.243 e. The zero-order valence-electron chi connectivity index (χ0n) is 23.3. The van der Waals surface area contributed by atoms with Gasteiger partial charge in [-0.1, -0.05) is 84.8 Å². The van der Waals surface area contributed by atoms with E-state index < -0.39 is 16.1 Å². The number of anilines is 1. The Balaban J connectivity index is 1.87. The SMILES string of the molecule is CCCNC(=O)[C@@H](Cc1ccccc1)N(Cc1ccccc1Cl)C(=O)CCCN(c1ccc(C)cc1)S(C)(=O)=O. The van der Waals surface area contributed by atoms with Gasteiger partial charge in [-0.25, -0.2) is 8.42 Å². The third-order valence-corrected chi connectivity index (χ3v) is 8.16. The lowest BCUT2D eigenvalue weighted by atomic mass is 10.0. The van der Waals surface area contributed by atoms with Crippen LogP contribution in [0, 0.1) is 6.92 Å². The van der Waals surface area contributed by atoms with E-state index in [4.69, 9.17) is 11.6 Å². The first-order chi connectivity index (χ1) is 19.1. The van der Waals surface area contributed by atoms with Crippen molar-refractivity contribution in [2.24, 2.45) is 0 Å². The molecule has 7 nitrogen and oxygen atoms in total. The van der Waals surface area contributed by atoms with Crippen LogP contribution in [0.25, 0.3) is 0 Å². The van der Waals surface area contributed by atoms with Crippen LogP contribution in [0.4, 0.5) is 5.69 Å². The van der Waals surface area contributed by atoms with Crippen LogP contribution in [0.2, 0.25) is 5.02 Å². The van der Waals surface area contributed by atoms with Gasteiger partial charge < -0.3 is 10.2 Å². The first-order valence-electron chi connectivity index (χ1n) is 13.5. The Kier molecular flexibility index (Phi) is 11.6. The van der Waals surface area contributed by atoms with Gasteiger partial charge in [0.1, 0.15) is 6.04 Å². The highest BCUT2D eigenvalue weighted by atomic mass is 35.5. The molecule has 0 aromatic heterocycles. The molecular formula is C31H38ClN3O4S. The van der Waals surface area contributed by atoms with E-state index in [1.54, 1.807) is 23.1 Å². The van der Waals surface area contributed by atoms with Crippen LogP contribution in [-0.2, 0) is 32.6 Å². The lowest BCUT2D eigenvalue weighted by Gasteiger charge is -2.32. The largest absolute Gasteiger partial charge is 0.354 e. The molecule has 3 aromatic rings. The quantitative estimate of drug-likeness (QED) is 0.277. The second-order valence-electron chi connectivity index (χ2n) is 9.88. The number of benzene rings is 3. The molecule has 0 heterocycles. The van der Waals surface area contributed by atoms with Gasteiger partial charge in [0.25, 0.3) is 0 Å². The lowest BCUT2D eigenvalue weighted by molar-refractivity contribution is -0.141. The molecule has 0 bridgehead atoms. The molecule has 0 aliphatic rings. The summed E-state index contributed by atoms with van der Waals surface area (Å²) in [6.07, 6.45) is 2.61. The number of carbonyl (C=O) groups excluding carboxylic acids is 2. The summed E-state index contributed by atoms with van der Waals surface area (Å²) in [5.74, 6) is -0.478. The van der Waals surface area contributed by atoms with Crippen LogP contribution >= 0.6 is 11.6 Å². The monoisotopic (exact) mass is 583 g/mol. The van der Waals surface area contributed by atoms with Gasteiger partial charge in [-0.2, -0.15) is 0 Å². The predicted octanol–water partition coefficient (Wildman–Crippen LogP) is 5.36. The smallest absolute Gasteiger partial charge is 0.243 e. The number of halogens is 1. The molecule has 0 unspecified atom stereocenters. The van der Waals surface area contributed by atoms with Gasteiger partial charge in [-0.15, -0.1) is 0 Å². The molecule has 3 rings (SSSR count). The first-order valence-corrected chi connectivity index (χ1v) is 15.7. The highest BCUT2D eigenvalue weighted by Gasteiger charge is 2.30. The Labute approximate surface area is 243 Å². The van der Waals surface area contributed by atoms with Crippen molar-refractivity contribution in [3.05, 3.63) is 101 Å². The number of hydrogen-bond acceptors (Lipinski definition) is 4. The fourth-order valence-electron chi connectivity index (χ4n) is 4.45. The summed E-state index contributed by atoms with van der Waals surface area (Å²) in [5.41, 5.74) is 3.23. The van der Waals surface area contributed by atoms with Crippen molar-refractivity contribution in [1.82, 2.24) is 10.2 Å². The zero-order valence-corrected chi connectivity index (χ0v) is 24.9. The maximum absolute atomic E-state index is 13.8. The number of aryl methyl sites for hydroxylation is 1. The third-order valence-electron chi connectivity index (χ3n) is 6.59.